The molecule has 0 fully saturated rings. The van der Waals surface area contributed by atoms with E-state index in [1.165, 1.54) is 57.8 Å². The Hall–Kier alpha value is 1.17. The zero-order valence-electron chi connectivity index (χ0n) is 17.7. The molecule has 0 amide bonds. The molecule has 0 aromatic rings. The third-order valence-electron chi connectivity index (χ3n) is 4.01. The predicted molar refractivity (Wildman–Crippen MR) is 104 cm³/mol. The molecule has 5 heteroatoms. The van der Waals surface area contributed by atoms with Crippen LogP contribution in [0.4, 0.5) is 0 Å². The minimum absolute atomic E-state index is 0. The van der Waals surface area contributed by atoms with Crippen LogP contribution in [0, 0.1) is 0 Å². The number of hydrogen-bond donors (Lipinski definition) is 0. The van der Waals surface area contributed by atoms with Crippen molar-refractivity contribution in [2.45, 2.75) is 104 Å². The Bertz CT molecular complexity index is 328. The van der Waals surface area contributed by atoms with Crippen LogP contribution in [0.3, 0.4) is 0 Å². The van der Waals surface area contributed by atoms with Crippen LogP contribution in [0.1, 0.15) is 107 Å². The molecule has 0 radical (unpaired) electrons. The molecular formula is C18H40CaO3S. The summed E-state index contributed by atoms with van der Waals surface area (Å²) in [6.07, 6.45) is 16.2. The summed E-state index contributed by atoms with van der Waals surface area (Å²) >= 11 is 0. The van der Waals surface area contributed by atoms with Crippen LogP contribution in [0.25, 0.3) is 0 Å². The third kappa shape index (κ3) is 21.1. The fraction of sp³-hybridized carbons (Fsp3) is 1.00. The molecule has 0 bridgehead atoms. The van der Waals surface area contributed by atoms with E-state index in [0.717, 1.165) is 32.1 Å². The van der Waals surface area contributed by atoms with E-state index in [-0.39, 0.29) is 46.3 Å². The van der Waals surface area contributed by atoms with Gasteiger partial charge in [0, 0.05) is 0 Å². The molecule has 138 valence electrons. The van der Waals surface area contributed by atoms with E-state index in [9.17, 15) is 8.42 Å². The molecule has 0 saturated carbocycles. The van der Waals surface area contributed by atoms with Gasteiger partial charge in [0.15, 0.2) is 0 Å². The molecule has 0 unspecified atom stereocenters. The molecule has 23 heavy (non-hydrogen) atoms. The first kappa shape index (κ1) is 26.4. The summed E-state index contributed by atoms with van der Waals surface area (Å²) in [6.45, 7) is 4.78. The molecule has 0 aliphatic rings. The van der Waals surface area contributed by atoms with Gasteiger partial charge >= 0.3 is 37.7 Å². The SMILES string of the molecule is CCCCCCCCCOS(=O)(=O)CCCCCCCCC.[Ca+2].[H-].[H-]. The maximum atomic E-state index is 11.7. The third-order valence-corrected chi connectivity index (χ3v) is 5.32. The Morgan fingerprint density at radius 3 is 1.52 bits per heavy atom. The summed E-state index contributed by atoms with van der Waals surface area (Å²) in [7, 11) is -3.28. The predicted octanol–water partition coefficient (Wildman–Crippen LogP) is 5.68. The average molecular weight is 377 g/mol. The average Bonchev–Trinajstić information content (AvgIpc) is 2.49. The van der Waals surface area contributed by atoms with Crippen molar-refractivity contribution in [3.05, 3.63) is 0 Å². The van der Waals surface area contributed by atoms with Crippen molar-refractivity contribution in [2.24, 2.45) is 0 Å². The monoisotopic (exact) mass is 376 g/mol. The Morgan fingerprint density at radius 2 is 1.04 bits per heavy atom. The van der Waals surface area contributed by atoms with Gasteiger partial charge in [0.25, 0.3) is 10.1 Å². The van der Waals surface area contributed by atoms with E-state index in [4.69, 9.17) is 4.18 Å². The number of unbranched alkanes of at least 4 members (excludes halogenated alkanes) is 12. The van der Waals surface area contributed by atoms with E-state index in [2.05, 4.69) is 13.8 Å². The van der Waals surface area contributed by atoms with E-state index in [0.29, 0.717) is 6.61 Å². The maximum Gasteiger partial charge on any atom is 2.00 e. The van der Waals surface area contributed by atoms with Gasteiger partial charge in [-0.05, 0) is 12.8 Å². The summed E-state index contributed by atoms with van der Waals surface area (Å²) in [6, 6.07) is 0. The zero-order chi connectivity index (χ0) is 16.5. The van der Waals surface area contributed by atoms with Gasteiger partial charge in [-0.3, -0.25) is 4.18 Å². The Kier molecular flexibility index (Phi) is 22.4. The van der Waals surface area contributed by atoms with Crippen molar-refractivity contribution < 1.29 is 15.5 Å². The first-order chi connectivity index (χ1) is 10.6. The summed E-state index contributed by atoms with van der Waals surface area (Å²) < 4.78 is 28.5. The molecule has 0 saturated heterocycles. The van der Waals surface area contributed by atoms with Crippen molar-refractivity contribution >= 4 is 47.9 Å². The van der Waals surface area contributed by atoms with Gasteiger partial charge in [-0.2, -0.15) is 8.42 Å². The minimum Gasteiger partial charge on any atom is -1.00 e. The van der Waals surface area contributed by atoms with Gasteiger partial charge in [0.2, 0.25) is 0 Å². The van der Waals surface area contributed by atoms with Crippen molar-refractivity contribution in [1.82, 2.24) is 0 Å². The maximum absolute atomic E-state index is 11.7. The number of rotatable bonds is 17. The van der Waals surface area contributed by atoms with Gasteiger partial charge in [0.1, 0.15) is 0 Å². The quantitative estimate of drug-likeness (QED) is 0.186. The van der Waals surface area contributed by atoms with Crippen LogP contribution >= 0.6 is 0 Å². The van der Waals surface area contributed by atoms with Gasteiger partial charge in [-0.25, -0.2) is 0 Å². The normalized spacial score (nSPS) is 11.4. The smallest absolute Gasteiger partial charge is 1.00 e. The second-order valence-corrected chi connectivity index (χ2v) is 8.09. The van der Waals surface area contributed by atoms with Gasteiger partial charge in [-0.15, -0.1) is 0 Å². The number of hydrogen-bond acceptors (Lipinski definition) is 3. The van der Waals surface area contributed by atoms with Crippen molar-refractivity contribution in [2.75, 3.05) is 12.4 Å². The van der Waals surface area contributed by atoms with Crippen molar-refractivity contribution in [1.29, 1.82) is 0 Å². The van der Waals surface area contributed by atoms with Crippen LogP contribution in [0.15, 0.2) is 0 Å². The Balaban J connectivity index is -0.000000735. The molecular weight excluding hydrogens is 336 g/mol. The standard InChI is InChI=1S/C18H38O3S.Ca.2H/c1-3-5-7-9-11-13-15-17-21-22(19,20)18-16-14-12-10-8-6-4-2;;;/h3-18H2,1-2H3;;;/q;+2;2*-1. The van der Waals surface area contributed by atoms with E-state index in [1.807, 2.05) is 0 Å². The molecule has 0 aliphatic heterocycles. The second-order valence-electron chi connectivity index (χ2n) is 6.33. The van der Waals surface area contributed by atoms with E-state index >= 15 is 0 Å². The van der Waals surface area contributed by atoms with Crippen molar-refractivity contribution in [3.63, 3.8) is 0 Å². The molecule has 0 heterocycles. The topological polar surface area (TPSA) is 43.4 Å². The molecule has 3 nitrogen and oxygen atoms in total. The summed E-state index contributed by atoms with van der Waals surface area (Å²) in [4.78, 5) is 0. The first-order valence-electron chi connectivity index (χ1n) is 9.49. The molecule has 0 aromatic carbocycles. The van der Waals surface area contributed by atoms with E-state index in [1.54, 1.807) is 0 Å². The summed E-state index contributed by atoms with van der Waals surface area (Å²) in [5.74, 6) is 0.192. The van der Waals surface area contributed by atoms with Crippen molar-refractivity contribution in [3.8, 4) is 0 Å². The van der Waals surface area contributed by atoms with Crippen LogP contribution in [0.2, 0.25) is 0 Å². The fourth-order valence-corrected chi connectivity index (χ4v) is 3.59. The summed E-state index contributed by atoms with van der Waals surface area (Å²) in [5, 5.41) is 0. The molecule has 0 spiro atoms. The van der Waals surface area contributed by atoms with Gasteiger partial charge < -0.3 is 2.85 Å². The molecule has 0 aromatic heterocycles. The zero-order valence-corrected chi connectivity index (χ0v) is 18.7. The minimum atomic E-state index is -3.28. The molecule has 0 aliphatic carbocycles. The van der Waals surface area contributed by atoms with E-state index < -0.39 is 10.1 Å². The van der Waals surface area contributed by atoms with Gasteiger partial charge in [-0.1, -0.05) is 90.9 Å². The Labute approximate surface area is 178 Å². The fourth-order valence-electron chi connectivity index (χ4n) is 2.54. The van der Waals surface area contributed by atoms with Crippen LogP contribution in [-0.4, -0.2) is 58.5 Å². The first-order valence-corrected chi connectivity index (χ1v) is 11.1. The second kappa shape index (κ2) is 19.5. The largest absolute Gasteiger partial charge is 2.00 e. The van der Waals surface area contributed by atoms with Crippen LogP contribution in [-0.2, 0) is 14.3 Å². The van der Waals surface area contributed by atoms with Crippen LogP contribution in [0.5, 0.6) is 0 Å². The Morgan fingerprint density at radius 1 is 0.652 bits per heavy atom. The molecule has 0 rings (SSSR count). The van der Waals surface area contributed by atoms with Crippen LogP contribution < -0.4 is 0 Å². The molecule has 0 atom stereocenters. The van der Waals surface area contributed by atoms with Gasteiger partial charge in [0.05, 0.1) is 12.4 Å². The summed E-state index contributed by atoms with van der Waals surface area (Å²) in [5.41, 5.74) is 0. The molecule has 0 N–H and O–H groups in total.